The predicted octanol–water partition coefficient (Wildman–Crippen LogP) is 5.25. The molecular formula is C14H10BrClF2. The van der Waals surface area contributed by atoms with Gasteiger partial charge in [0.2, 0.25) is 0 Å². The quantitative estimate of drug-likeness (QED) is 0.674. The van der Waals surface area contributed by atoms with Gasteiger partial charge < -0.3 is 0 Å². The molecule has 0 aliphatic carbocycles. The van der Waals surface area contributed by atoms with E-state index in [0.717, 1.165) is 5.56 Å². The maximum Gasteiger partial charge on any atom is 0.124 e. The van der Waals surface area contributed by atoms with Crippen LogP contribution in [-0.4, -0.2) is 0 Å². The Hall–Kier alpha value is -0.930. The Morgan fingerprint density at radius 2 is 1.83 bits per heavy atom. The lowest BCUT2D eigenvalue weighted by Gasteiger charge is -2.11. The monoisotopic (exact) mass is 330 g/mol. The fraction of sp³-hybridized carbons (Fsp3) is 0.143. The van der Waals surface area contributed by atoms with Crippen molar-refractivity contribution in [1.82, 2.24) is 0 Å². The lowest BCUT2D eigenvalue weighted by molar-refractivity contribution is 0.621. The standard InChI is InChI=1S/C14H10BrClF2/c15-11-6-10(7-13(18)8-11)14(16)5-9-2-1-3-12(17)4-9/h1-4,6-8,14H,5H2. The average Bonchev–Trinajstić information content (AvgIpc) is 2.27. The van der Waals surface area contributed by atoms with E-state index < -0.39 is 5.38 Å². The van der Waals surface area contributed by atoms with Gasteiger partial charge in [-0.2, -0.15) is 0 Å². The molecule has 0 amide bonds. The smallest absolute Gasteiger partial charge is 0.124 e. The highest BCUT2D eigenvalue weighted by molar-refractivity contribution is 9.10. The third kappa shape index (κ3) is 3.53. The molecule has 0 aliphatic rings. The Morgan fingerprint density at radius 3 is 2.50 bits per heavy atom. The molecule has 2 rings (SSSR count). The number of alkyl halides is 1. The van der Waals surface area contributed by atoms with Crippen LogP contribution >= 0.6 is 27.5 Å². The maximum absolute atomic E-state index is 13.2. The van der Waals surface area contributed by atoms with Gasteiger partial charge in [0, 0.05) is 4.47 Å². The minimum atomic E-state index is -0.390. The lowest BCUT2D eigenvalue weighted by atomic mass is 10.0. The van der Waals surface area contributed by atoms with E-state index in [4.69, 9.17) is 11.6 Å². The number of hydrogen-bond acceptors (Lipinski definition) is 0. The number of halogens is 4. The maximum atomic E-state index is 13.2. The Labute approximate surface area is 118 Å². The molecule has 1 atom stereocenters. The van der Waals surface area contributed by atoms with Crippen LogP contribution in [0.4, 0.5) is 8.78 Å². The van der Waals surface area contributed by atoms with Crippen LogP contribution in [-0.2, 0) is 6.42 Å². The summed E-state index contributed by atoms with van der Waals surface area (Å²) in [5.41, 5.74) is 1.46. The summed E-state index contributed by atoms with van der Waals surface area (Å²) in [7, 11) is 0. The second-order valence-electron chi connectivity index (χ2n) is 4.00. The van der Waals surface area contributed by atoms with E-state index in [1.54, 1.807) is 18.2 Å². The molecule has 0 radical (unpaired) electrons. The Bertz CT molecular complexity index is 537. The van der Waals surface area contributed by atoms with Gasteiger partial charge in [-0.3, -0.25) is 0 Å². The van der Waals surface area contributed by atoms with E-state index in [-0.39, 0.29) is 11.6 Å². The van der Waals surface area contributed by atoms with E-state index >= 15 is 0 Å². The van der Waals surface area contributed by atoms with Gasteiger partial charge in [0.15, 0.2) is 0 Å². The van der Waals surface area contributed by atoms with Crippen molar-refractivity contribution < 1.29 is 8.78 Å². The lowest BCUT2D eigenvalue weighted by Crippen LogP contribution is -1.97. The van der Waals surface area contributed by atoms with Gasteiger partial charge in [-0.25, -0.2) is 8.78 Å². The zero-order chi connectivity index (χ0) is 13.1. The van der Waals surface area contributed by atoms with Crippen molar-refractivity contribution in [3.05, 3.63) is 69.7 Å². The summed E-state index contributed by atoms with van der Waals surface area (Å²) in [5.74, 6) is -0.638. The summed E-state index contributed by atoms with van der Waals surface area (Å²) in [6, 6.07) is 10.8. The normalized spacial score (nSPS) is 12.4. The van der Waals surface area contributed by atoms with Crippen molar-refractivity contribution >= 4 is 27.5 Å². The minimum Gasteiger partial charge on any atom is -0.207 e. The van der Waals surface area contributed by atoms with Crippen LogP contribution in [0.25, 0.3) is 0 Å². The van der Waals surface area contributed by atoms with Crippen molar-refractivity contribution in [2.45, 2.75) is 11.8 Å². The third-order valence-corrected chi connectivity index (χ3v) is 3.41. The van der Waals surface area contributed by atoms with Gasteiger partial charge >= 0.3 is 0 Å². The fourth-order valence-corrected chi connectivity index (χ4v) is 2.53. The number of rotatable bonds is 3. The SMILES string of the molecule is Fc1cccc(CC(Cl)c2cc(F)cc(Br)c2)c1. The zero-order valence-corrected chi connectivity index (χ0v) is 11.7. The first-order valence-electron chi connectivity index (χ1n) is 5.39. The van der Waals surface area contributed by atoms with Crippen LogP contribution in [0.1, 0.15) is 16.5 Å². The van der Waals surface area contributed by atoms with E-state index in [2.05, 4.69) is 15.9 Å². The first-order valence-corrected chi connectivity index (χ1v) is 6.62. The molecule has 0 spiro atoms. The van der Waals surface area contributed by atoms with Crippen molar-refractivity contribution in [2.75, 3.05) is 0 Å². The molecule has 0 saturated carbocycles. The topological polar surface area (TPSA) is 0 Å². The van der Waals surface area contributed by atoms with Crippen LogP contribution in [0.3, 0.4) is 0 Å². The summed E-state index contributed by atoms with van der Waals surface area (Å²) in [6.07, 6.45) is 0.454. The van der Waals surface area contributed by atoms with E-state index in [0.29, 0.717) is 16.5 Å². The molecule has 0 saturated heterocycles. The van der Waals surface area contributed by atoms with Gasteiger partial charge in [0.25, 0.3) is 0 Å². The Balaban J connectivity index is 2.19. The Kier molecular flexibility index (Phi) is 4.36. The summed E-state index contributed by atoms with van der Waals surface area (Å²) in [4.78, 5) is 0. The van der Waals surface area contributed by atoms with E-state index in [1.807, 2.05) is 0 Å². The van der Waals surface area contributed by atoms with Crippen LogP contribution in [0, 0.1) is 11.6 Å². The molecule has 94 valence electrons. The zero-order valence-electron chi connectivity index (χ0n) is 9.34. The molecule has 0 nitrogen and oxygen atoms in total. The summed E-state index contributed by atoms with van der Waals surface area (Å²) < 4.78 is 26.9. The third-order valence-electron chi connectivity index (χ3n) is 2.55. The van der Waals surface area contributed by atoms with Crippen molar-refractivity contribution in [3.8, 4) is 0 Å². The van der Waals surface area contributed by atoms with Gasteiger partial charge in [-0.1, -0.05) is 28.1 Å². The van der Waals surface area contributed by atoms with Gasteiger partial charge in [0.1, 0.15) is 11.6 Å². The minimum absolute atomic E-state index is 0.295. The summed E-state index contributed by atoms with van der Waals surface area (Å²) in [5, 5.41) is -0.390. The largest absolute Gasteiger partial charge is 0.207 e. The molecule has 2 aromatic carbocycles. The van der Waals surface area contributed by atoms with E-state index in [1.165, 1.54) is 24.3 Å². The van der Waals surface area contributed by atoms with Crippen molar-refractivity contribution in [3.63, 3.8) is 0 Å². The first-order chi connectivity index (χ1) is 8.54. The van der Waals surface area contributed by atoms with Gasteiger partial charge in [0.05, 0.1) is 5.38 Å². The molecule has 4 heteroatoms. The molecule has 0 heterocycles. The molecule has 0 N–H and O–H groups in total. The van der Waals surface area contributed by atoms with Crippen LogP contribution < -0.4 is 0 Å². The van der Waals surface area contributed by atoms with Crippen LogP contribution in [0.5, 0.6) is 0 Å². The van der Waals surface area contributed by atoms with E-state index in [9.17, 15) is 8.78 Å². The van der Waals surface area contributed by atoms with Crippen LogP contribution in [0.2, 0.25) is 0 Å². The fourth-order valence-electron chi connectivity index (χ4n) is 1.74. The molecule has 0 aliphatic heterocycles. The van der Waals surface area contributed by atoms with Gasteiger partial charge in [-0.15, -0.1) is 11.6 Å². The Morgan fingerprint density at radius 1 is 1.06 bits per heavy atom. The highest BCUT2D eigenvalue weighted by atomic mass is 79.9. The molecule has 0 bridgehead atoms. The number of hydrogen-bond donors (Lipinski definition) is 0. The highest BCUT2D eigenvalue weighted by Crippen LogP contribution is 2.28. The van der Waals surface area contributed by atoms with Crippen LogP contribution in [0.15, 0.2) is 46.9 Å². The molecule has 2 aromatic rings. The molecule has 1 unspecified atom stereocenters. The second-order valence-corrected chi connectivity index (χ2v) is 5.45. The molecule has 18 heavy (non-hydrogen) atoms. The second kappa shape index (κ2) is 5.81. The van der Waals surface area contributed by atoms with Crippen molar-refractivity contribution in [1.29, 1.82) is 0 Å². The molecule has 0 aromatic heterocycles. The van der Waals surface area contributed by atoms with Crippen molar-refractivity contribution in [2.24, 2.45) is 0 Å². The average molecular weight is 332 g/mol. The first kappa shape index (κ1) is 13.5. The highest BCUT2D eigenvalue weighted by Gasteiger charge is 2.11. The number of benzene rings is 2. The van der Waals surface area contributed by atoms with Gasteiger partial charge in [-0.05, 0) is 47.9 Å². The molecular weight excluding hydrogens is 322 g/mol. The summed E-state index contributed by atoms with van der Waals surface area (Å²) >= 11 is 9.45. The summed E-state index contributed by atoms with van der Waals surface area (Å²) in [6.45, 7) is 0. The predicted molar refractivity (Wildman–Crippen MR) is 72.8 cm³/mol. The molecule has 0 fully saturated rings.